The van der Waals surface area contributed by atoms with Crippen molar-refractivity contribution in [1.82, 2.24) is 0 Å². The van der Waals surface area contributed by atoms with Crippen molar-refractivity contribution < 1.29 is 4.39 Å². The molecule has 0 radical (unpaired) electrons. The Morgan fingerprint density at radius 1 is 1.45 bits per heavy atom. The van der Waals surface area contributed by atoms with Crippen LogP contribution in [0.25, 0.3) is 0 Å². The molecule has 0 saturated heterocycles. The van der Waals surface area contributed by atoms with Crippen molar-refractivity contribution in [2.45, 2.75) is 13.3 Å². The van der Waals surface area contributed by atoms with Gasteiger partial charge in [0.05, 0.1) is 0 Å². The van der Waals surface area contributed by atoms with Crippen LogP contribution in [-0.2, 0) is 0 Å². The van der Waals surface area contributed by atoms with Crippen LogP contribution in [0.5, 0.6) is 0 Å². The van der Waals surface area contributed by atoms with Crippen LogP contribution in [0.1, 0.15) is 13.3 Å². The molecule has 0 atom stereocenters. The molecule has 0 rings (SSSR count). The van der Waals surface area contributed by atoms with Gasteiger partial charge in [0.2, 0.25) is 0 Å². The average molecular weight is 152 g/mol. The number of hydrogen-bond donors (Lipinski definition) is 0. The number of allylic oxidation sites excluding steroid dienone is 6. The zero-order chi connectivity index (χ0) is 8.69. The van der Waals surface area contributed by atoms with Crippen molar-refractivity contribution >= 4 is 0 Å². The summed E-state index contributed by atoms with van der Waals surface area (Å²) in [5, 5.41) is 0. The molecule has 0 aromatic rings. The first-order valence-corrected chi connectivity index (χ1v) is 3.49. The van der Waals surface area contributed by atoms with E-state index >= 15 is 0 Å². The molecule has 11 heavy (non-hydrogen) atoms. The average Bonchev–Trinajstić information content (AvgIpc) is 2.01. The molecule has 60 valence electrons. The summed E-state index contributed by atoms with van der Waals surface area (Å²) in [6, 6.07) is 0. The first kappa shape index (κ1) is 9.89. The van der Waals surface area contributed by atoms with Gasteiger partial charge < -0.3 is 0 Å². The lowest BCUT2D eigenvalue weighted by atomic mass is 10.2. The zero-order valence-corrected chi connectivity index (χ0v) is 6.81. The third-order valence-electron chi connectivity index (χ3n) is 1.16. The molecule has 0 aromatic heterocycles. The maximum atomic E-state index is 12.4. The minimum atomic E-state index is -0.241. The van der Waals surface area contributed by atoms with Crippen molar-refractivity contribution in [3.05, 3.63) is 48.9 Å². The van der Waals surface area contributed by atoms with E-state index in [1.54, 1.807) is 19.1 Å². The van der Waals surface area contributed by atoms with E-state index in [9.17, 15) is 4.39 Å². The maximum absolute atomic E-state index is 12.4. The highest BCUT2D eigenvalue weighted by molar-refractivity contribution is 5.23. The van der Waals surface area contributed by atoms with Crippen LogP contribution in [0.2, 0.25) is 0 Å². The normalized spacial score (nSPS) is 12.0. The van der Waals surface area contributed by atoms with E-state index in [1.807, 2.05) is 0 Å². The van der Waals surface area contributed by atoms with Gasteiger partial charge in [0.15, 0.2) is 0 Å². The number of hydrogen-bond acceptors (Lipinski definition) is 0. The number of halogens is 1. The first-order chi connectivity index (χ1) is 5.20. The molecule has 0 spiro atoms. The molecule has 0 aliphatic heterocycles. The predicted molar refractivity (Wildman–Crippen MR) is 48.0 cm³/mol. The minimum absolute atomic E-state index is 0.241. The summed E-state index contributed by atoms with van der Waals surface area (Å²) in [6.07, 6.45) is 6.88. The molecule has 0 aromatic carbocycles. The van der Waals surface area contributed by atoms with Crippen molar-refractivity contribution in [3.8, 4) is 0 Å². The Labute approximate surface area is 67.4 Å². The van der Waals surface area contributed by atoms with Crippen LogP contribution in [-0.4, -0.2) is 0 Å². The molecule has 0 heterocycles. The van der Waals surface area contributed by atoms with E-state index in [0.717, 1.165) is 5.57 Å². The Bertz CT molecular complexity index is 197. The molecule has 0 aliphatic rings. The second-order valence-electron chi connectivity index (χ2n) is 2.16. The lowest BCUT2D eigenvalue weighted by molar-refractivity contribution is 0.664. The van der Waals surface area contributed by atoms with Crippen molar-refractivity contribution in [3.63, 3.8) is 0 Å². The van der Waals surface area contributed by atoms with Gasteiger partial charge in [0.25, 0.3) is 0 Å². The second-order valence-corrected chi connectivity index (χ2v) is 2.16. The summed E-state index contributed by atoms with van der Waals surface area (Å²) >= 11 is 0. The Balaban J connectivity index is 3.92. The molecular weight excluding hydrogens is 139 g/mol. The van der Waals surface area contributed by atoms with Crippen LogP contribution in [0.3, 0.4) is 0 Å². The third-order valence-corrected chi connectivity index (χ3v) is 1.16. The Hall–Kier alpha value is -1.11. The molecular formula is C10H13F. The molecule has 0 unspecified atom stereocenters. The monoisotopic (exact) mass is 152 g/mol. The second kappa shape index (κ2) is 5.66. The first-order valence-electron chi connectivity index (χ1n) is 3.49. The lowest BCUT2D eigenvalue weighted by Gasteiger charge is -1.90. The van der Waals surface area contributed by atoms with Gasteiger partial charge in [-0.25, -0.2) is 4.39 Å². The minimum Gasteiger partial charge on any atom is -0.207 e. The summed E-state index contributed by atoms with van der Waals surface area (Å²) in [5.74, 6) is -0.241. The van der Waals surface area contributed by atoms with Gasteiger partial charge in [-0.05, 0) is 19.4 Å². The molecule has 1 heteroatoms. The van der Waals surface area contributed by atoms with Crippen molar-refractivity contribution in [2.75, 3.05) is 0 Å². The smallest absolute Gasteiger partial charge is 0.118 e. The van der Waals surface area contributed by atoms with Crippen LogP contribution < -0.4 is 0 Å². The van der Waals surface area contributed by atoms with Crippen LogP contribution in [0.4, 0.5) is 4.39 Å². The van der Waals surface area contributed by atoms with Crippen LogP contribution in [0.15, 0.2) is 48.9 Å². The topological polar surface area (TPSA) is 0 Å². The summed E-state index contributed by atoms with van der Waals surface area (Å²) in [5.41, 5.74) is 0.858. The zero-order valence-electron chi connectivity index (χ0n) is 6.81. The van der Waals surface area contributed by atoms with Crippen molar-refractivity contribution in [2.24, 2.45) is 0 Å². The highest BCUT2D eigenvalue weighted by atomic mass is 19.1. The summed E-state index contributed by atoms with van der Waals surface area (Å²) in [6.45, 7) is 8.89. The van der Waals surface area contributed by atoms with Crippen LogP contribution >= 0.6 is 0 Å². The highest BCUT2D eigenvalue weighted by Crippen LogP contribution is 2.04. The fraction of sp³-hybridized carbons (Fsp3) is 0.200. The molecule has 0 saturated carbocycles. The fourth-order valence-corrected chi connectivity index (χ4v) is 0.547. The predicted octanol–water partition coefficient (Wildman–Crippen LogP) is 3.55. The maximum Gasteiger partial charge on any atom is 0.118 e. The van der Waals surface area contributed by atoms with Gasteiger partial charge >= 0.3 is 0 Å². The standard InChI is InChI=1S/C10H13F/c1-4-6-9(3)7-8-10(11)5-2/h4-5,7-8H,1,3,6H2,2H3/b8-7-,10-5+. The molecule has 0 amide bonds. The van der Waals surface area contributed by atoms with Crippen LogP contribution in [0, 0.1) is 0 Å². The van der Waals surface area contributed by atoms with E-state index in [-0.39, 0.29) is 5.83 Å². The van der Waals surface area contributed by atoms with E-state index in [4.69, 9.17) is 0 Å². The summed E-state index contributed by atoms with van der Waals surface area (Å²) in [7, 11) is 0. The van der Waals surface area contributed by atoms with Gasteiger partial charge in [0.1, 0.15) is 5.83 Å². The molecule has 0 N–H and O–H groups in total. The Morgan fingerprint density at radius 2 is 2.09 bits per heavy atom. The lowest BCUT2D eigenvalue weighted by Crippen LogP contribution is -1.71. The van der Waals surface area contributed by atoms with E-state index < -0.39 is 0 Å². The van der Waals surface area contributed by atoms with Gasteiger partial charge in [-0.15, -0.1) is 6.58 Å². The largest absolute Gasteiger partial charge is 0.207 e. The quantitative estimate of drug-likeness (QED) is 0.427. The SMILES string of the molecule is C=CCC(=C)/C=C\C(F)=C/C. The summed E-state index contributed by atoms with van der Waals surface area (Å²) < 4.78 is 12.4. The van der Waals surface area contributed by atoms with Gasteiger partial charge in [-0.3, -0.25) is 0 Å². The molecule has 0 fully saturated rings. The van der Waals surface area contributed by atoms with E-state index in [1.165, 1.54) is 12.2 Å². The number of rotatable bonds is 4. The summed E-state index contributed by atoms with van der Waals surface area (Å²) in [4.78, 5) is 0. The fourth-order valence-electron chi connectivity index (χ4n) is 0.547. The third kappa shape index (κ3) is 5.34. The van der Waals surface area contributed by atoms with E-state index in [2.05, 4.69) is 13.2 Å². The Kier molecular flexibility index (Phi) is 5.09. The Morgan fingerprint density at radius 3 is 2.55 bits per heavy atom. The molecule has 0 aliphatic carbocycles. The van der Waals surface area contributed by atoms with Gasteiger partial charge in [-0.1, -0.05) is 30.4 Å². The van der Waals surface area contributed by atoms with E-state index in [0.29, 0.717) is 6.42 Å². The van der Waals surface area contributed by atoms with Gasteiger partial charge in [0, 0.05) is 0 Å². The van der Waals surface area contributed by atoms with Crippen molar-refractivity contribution in [1.29, 1.82) is 0 Å². The highest BCUT2D eigenvalue weighted by Gasteiger charge is 1.85. The molecule has 0 bridgehead atoms. The molecule has 0 nitrogen and oxygen atoms in total. The van der Waals surface area contributed by atoms with Gasteiger partial charge in [-0.2, -0.15) is 0 Å².